The van der Waals surface area contributed by atoms with Crippen LogP contribution in [0, 0.1) is 5.92 Å². The van der Waals surface area contributed by atoms with E-state index in [-0.39, 0.29) is 11.6 Å². The third kappa shape index (κ3) is 0.861. The third-order valence-electron chi connectivity index (χ3n) is 3.21. The topological polar surface area (TPSA) is 31.9 Å². The van der Waals surface area contributed by atoms with Crippen molar-refractivity contribution in [3.05, 3.63) is 23.4 Å². The van der Waals surface area contributed by atoms with Crippen LogP contribution in [-0.4, -0.2) is 24.3 Å². The average Bonchev–Trinajstić information content (AvgIpc) is 2.50. The van der Waals surface area contributed by atoms with E-state index in [1.165, 1.54) is 0 Å². The zero-order valence-corrected chi connectivity index (χ0v) is 8.46. The molecule has 80 valence electrons. The Kier molecular flexibility index (Phi) is 1.42. The molecule has 0 aliphatic heterocycles. The fourth-order valence-corrected chi connectivity index (χ4v) is 2.37. The van der Waals surface area contributed by atoms with E-state index in [9.17, 15) is 8.78 Å². The minimum Gasteiger partial charge on any atom is -0.361 e. The number of aromatic nitrogens is 2. The number of nitrogens with zero attached hydrogens (tertiary/aromatic N) is 2. The van der Waals surface area contributed by atoms with Gasteiger partial charge in [0.15, 0.2) is 5.82 Å². The Morgan fingerprint density at radius 1 is 1.40 bits per heavy atom. The van der Waals surface area contributed by atoms with E-state index >= 15 is 0 Å². The van der Waals surface area contributed by atoms with E-state index in [1.807, 2.05) is 20.2 Å². The summed E-state index contributed by atoms with van der Waals surface area (Å²) in [7, 11) is 3.62. The van der Waals surface area contributed by atoms with E-state index in [0.29, 0.717) is 11.4 Å². The van der Waals surface area contributed by atoms with Crippen molar-refractivity contribution in [3.8, 4) is 0 Å². The summed E-state index contributed by atoms with van der Waals surface area (Å²) in [5, 5.41) is 6.42. The molecule has 0 amide bonds. The van der Waals surface area contributed by atoms with Crippen molar-refractivity contribution < 1.29 is 8.78 Å². The second kappa shape index (κ2) is 2.40. The molecule has 1 unspecified atom stereocenters. The highest BCUT2D eigenvalue weighted by atomic mass is 19.3. The first-order valence-corrected chi connectivity index (χ1v) is 4.85. The number of anilines is 1. The summed E-state index contributed by atoms with van der Waals surface area (Å²) in [6.45, 7) is 0. The zero-order valence-electron chi connectivity index (χ0n) is 8.46. The molecule has 2 aliphatic rings. The number of hydrogen-bond acceptors (Lipinski definition) is 2. The Hall–Kier alpha value is -1.39. The SMILES string of the molecule is CN(C)c1n[nH]c2c1C1C=C[C@H]1C2(F)F. The highest BCUT2D eigenvalue weighted by molar-refractivity contribution is 5.59. The largest absolute Gasteiger partial charge is 0.361 e. The van der Waals surface area contributed by atoms with Gasteiger partial charge in [-0.3, -0.25) is 5.10 Å². The fraction of sp³-hybridized carbons (Fsp3) is 0.500. The second-order valence-electron chi connectivity index (χ2n) is 4.29. The van der Waals surface area contributed by atoms with Crippen LogP contribution >= 0.6 is 0 Å². The van der Waals surface area contributed by atoms with Crippen molar-refractivity contribution in [3.63, 3.8) is 0 Å². The molecule has 3 rings (SSSR count). The lowest BCUT2D eigenvalue weighted by Gasteiger charge is -2.27. The predicted octanol–water partition coefficient (Wildman–Crippen LogP) is 1.85. The fourth-order valence-electron chi connectivity index (χ4n) is 2.37. The zero-order chi connectivity index (χ0) is 10.8. The molecule has 0 radical (unpaired) electrons. The first-order chi connectivity index (χ1) is 7.03. The molecule has 0 bridgehead atoms. The van der Waals surface area contributed by atoms with Crippen LogP contribution in [-0.2, 0) is 5.92 Å². The summed E-state index contributed by atoms with van der Waals surface area (Å²) < 4.78 is 27.5. The molecule has 0 saturated carbocycles. The summed E-state index contributed by atoms with van der Waals surface area (Å²) in [6, 6.07) is 0. The number of halogens is 2. The number of allylic oxidation sites excluding steroid dienone is 2. The first kappa shape index (κ1) is 8.88. The van der Waals surface area contributed by atoms with Crippen LogP contribution in [0.25, 0.3) is 0 Å². The molecule has 0 fully saturated rings. The van der Waals surface area contributed by atoms with Crippen molar-refractivity contribution in [1.29, 1.82) is 0 Å². The summed E-state index contributed by atoms with van der Waals surface area (Å²) in [4.78, 5) is 1.76. The van der Waals surface area contributed by atoms with Crippen molar-refractivity contribution in [2.24, 2.45) is 5.92 Å². The van der Waals surface area contributed by atoms with Gasteiger partial charge in [-0.05, 0) is 0 Å². The normalized spacial score (nSPS) is 29.6. The number of aromatic amines is 1. The molecule has 5 heteroatoms. The second-order valence-corrected chi connectivity index (χ2v) is 4.29. The Balaban J connectivity index is 2.20. The molecule has 0 spiro atoms. The van der Waals surface area contributed by atoms with Gasteiger partial charge in [-0.1, -0.05) is 12.2 Å². The van der Waals surface area contributed by atoms with Gasteiger partial charge in [-0.2, -0.15) is 13.9 Å². The summed E-state index contributed by atoms with van der Waals surface area (Å²) >= 11 is 0. The van der Waals surface area contributed by atoms with Gasteiger partial charge < -0.3 is 4.90 Å². The maximum atomic E-state index is 13.8. The average molecular weight is 211 g/mol. The van der Waals surface area contributed by atoms with Crippen LogP contribution in [0.5, 0.6) is 0 Å². The Morgan fingerprint density at radius 2 is 2.13 bits per heavy atom. The smallest absolute Gasteiger partial charge is 0.296 e. The minimum atomic E-state index is -2.78. The van der Waals surface area contributed by atoms with Crippen LogP contribution in [0.4, 0.5) is 14.6 Å². The molecule has 2 atom stereocenters. The van der Waals surface area contributed by atoms with E-state index in [0.717, 1.165) is 0 Å². The number of hydrogen-bond donors (Lipinski definition) is 1. The number of H-pyrrole nitrogens is 1. The van der Waals surface area contributed by atoms with Crippen LogP contribution in [0.1, 0.15) is 17.2 Å². The maximum Gasteiger partial charge on any atom is 0.296 e. The molecule has 1 aromatic rings. The van der Waals surface area contributed by atoms with E-state index in [1.54, 1.807) is 11.0 Å². The molecular weight excluding hydrogens is 200 g/mol. The Morgan fingerprint density at radius 3 is 2.67 bits per heavy atom. The van der Waals surface area contributed by atoms with Gasteiger partial charge in [0.1, 0.15) is 5.69 Å². The van der Waals surface area contributed by atoms with Gasteiger partial charge in [0, 0.05) is 25.6 Å². The van der Waals surface area contributed by atoms with E-state index < -0.39 is 11.8 Å². The van der Waals surface area contributed by atoms with Gasteiger partial charge in [0.2, 0.25) is 0 Å². The first-order valence-electron chi connectivity index (χ1n) is 4.85. The molecule has 1 aromatic heterocycles. The van der Waals surface area contributed by atoms with E-state index in [2.05, 4.69) is 10.2 Å². The molecule has 0 saturated heterocycles. The standard InChI is InChI=1S/C10H11F2N3/c1-15(2)9-7-5-3-4-6(5)10(11,12)8(7)13-14-9/h3-6H,1-2H3,(H,13,14)/t5?,6-/m1/s1. The van der Waals surface area contributed by atoms with Crippen molar-refractivity contribution in [2.75, 3.05) is 19.0 Å². The lowest BCUT2D eigenvalue weighted by Crippen LogP contribution is -2.26. The molecule has 1 heterocycles. The quantitative estimate of drug-likeness (QED) is 0.719. The van der Waals surface area contributed by atoms with Crippen molar-refractivity contribution >= 4 is 5.82 Å². The lowest BCUT2D eigenvalue weighted by atomic mass is 9.81. The molecule has 2 aliphatic carbocycles. The predicted molar refractivity (Wildman–Crippen MR) is 52.2 cm³/mol. The Bertz CT molecular complexity index is 448. The van der Waals surface area contributed by atoms with Crippen molar-refractivity contribution in [2.45, 2.75) is 11.8 Å². The summed E-state index contributed by atoms with van der Waals surface area (Å²) in [5.74, 6) is -2.98. The maximum absolute atomic E-state index is 13.8. The highest BCUT2D eigenvalue weighted by Gasteiger charge is 2.58. The van der Waals surface area contributed by atoms with Gasteiger partial charge in [-0.15, -0.1) is 0 Å². The molecule has 3 nitrogen and oxygen atoms in total. The molecule has 15 heavy (non-hydrogen) atoms. The van der Waals surface area contributed by atoms with Crippen molar-refractivity contribution in [1.82, 2.24) is 10.2 Å². The number of alkyl halides is 2. The monoisotopic (exact) mass is 211 g/mol. The van der Waals surface area contributed by atoms with Crippen LogP contribution in [0.15, 0.2) is 12.2 Å². The number of nitrogens with one attached hydrogen (secondary N) is 1. The Labute approximate surface area is 85.8 Å². The molecule has 0 aromatic carbocycles. The van der Waals surface area contributed by atoms with Gasteiger partial charge in [0.05, 0.1) is 5.92 Å². The van der Waals surface area contributed by atoms with Crippen LogP contribution < -0.4 is 4.90 Å². The van der Waals surface area contributed by atoms with Crippen LogP contribution in [0.3, 0.4) is 0 Å². The highest BCUT2D eigenvalue weighted by Crippen LogP contribution is 2.59. The number of fused-ring (bicyclic) bond motifs is 3. The number of rotatable bonds is 1. The minimum absolute atomic E-state index is 0.00815. The molecular formula is C10H11F2N3. The van der Waals surface area contributed by atoms with Gasteiger partial charge >= 0.3 is 0 Å². The summed E-state index contributed by atoms with van der Waals surface area (Å²) in [5.41, 5.74) is 0.656. The van der Waals surface area contributed by atoms with Gasteiger partial charge in [0.25, 0.3) is 5.92 Å². The van der Waals surface area contributed by atoms with E-state index in [4.69, 9.17) is 0 Å². The lowest BCUT2D eigenvalue weighted by molar-refractivity contribution is -0.0474. The van der Waals surface area contributed by atoms with Gasteiger partial charge in [-0.25, -0.2) is 0 Å². The summed E-state index contributed by atoms with van der Waals surface area (Å²) in [6.07, 6.45) is 3.41. The molecule has 1 N–H and O–H groups in total. The van der Waals surface area contributed by atoms with Crippen LogP contribution in [0.2, 0.25) is 0 Å². The third-order valence-corrected chi connectivity index (χ3v) is 3.21.